The molecule has 0 radical (unpaired) electrons. The third-order valence-corrected chi connectivity index (χ3v) is 2.85. The Bertz CT molecular complexity index is 227. The lowest BCUT2D eigenvalue weighted by Gasteiger charge is -2.10. The minimum Gasteiger partial charge on any atom is -0.274 e. The monoisotopic (exact) mass is 151 g/mol. The molecular formula is C8H9NS. The van der Waals surface area contributed by atoms with E-state index in [0.29, 0.717) is 11.3 Å². The van der Waals surface area contributed by atoms with Crippen LogP contribution in [0.25, 0.3) is 0 Å². The average molecular weight is 151 g/mol. The molecule has 0 saturated carbocycles. The van der Waals surface area contributed by atoms with Crippen LogP contribution in [-0.4, -0.2) is 16.3 Å². The maximum Gasteiger partial charge on any atom is 0.0849 e. The lowest BCUT2D eigenvalue weighted by Crippen LogP contribution is -2.13. The zero-order valence-corrected chi connectivity index (χ0v) is 6.64. The molecule has 1 heterocycles. The molecule has 0 saturated heterocycles. The van der Waals surface area contributed by atoms with Crippen molar-refractivity contribution in [1.29, 1.82) is 0 Å². The molecule has 0 aromatic rings. The summed E-state index contributed by atoms with van der Waals surface area (Å²) in [6.07, 6.45) is 8.55. The fraction of sp³-hybridized carbons (Fsp3) is 0.375. The van der Waals surface area contributed by atoms with Gasteiger partial charge in [-0.05, 0) is 6.92 Å². The number of aliphatic imine (C=N–C) groups is 1. The zero-order valence-electron chi connectivity index (χ0n) is 5.82. The first-order valence-electron chi connectivity index (χ1n) is 3.42. The molecule has 2 atom stereocenters. The van der Waals surface area contributed by atoms with Crippen molar-refractivity contribution in [3.8, 4) is 0 Å². The fourth-order valence-electron chi connectivity index (χ4n) is 1.24. The fourth-order valence-corrected chi connectivity index (χ4v) is 2.27. The van der Waals surface area contributed by atoms with Crippen LogP contribution in [0.5, 0.6) is 0 Å². The molecule has 0 aromatic heterocycles. The number of nitrogens with zero attached hydrogens (tertiary/aromatic N) is 1. The van der Waals surface area contributed by atoms with Crippen LogP contribution in [0.4, 0.5) is 0 Å². The molecule has 1 aliphatic heterocycles. The Morgan fingerprint density at radius 1 is 1.40 bits per heavy atom. The highest BCUT2D eigenvalue weighted by Crippen LogP contribution is 2.30. The summed E-state index contributed by atoms with van der Waals surface area (Å²) in [7, 11) is 0. The van der Waals surface area contributed by atoms with E-state index >= 15 is 0 Å². The molecule has 0 aromatic carbocycles. The van der Waals surface area contributed by atoms with E-state index in [-0.39, 0.29) is 0 Å². The zero-order chi connectivity index (χ0) is 6.97. The highest BCUT2D eigenvalue weighted by molar-refractivity contribution is 8.14. The van der Waals surface area contributed by atoms with Crippen molar-refractivity contribution >= 4 is 16.8 Å². The smallest absolute Gasteiger partial charge is 0.0849 e. The Morgan fingerprint density at radius 2 is 2.20 bits per heavy atom. The maximum atomic E-state index is 4.45. The molecule has 0 N–H and O–H groups in total. The van der Waals surface area contributed by atoms with Crippen LogP contribution in [0.1, 0.15) is 6.92 Å². The van der Waals surface area contributed by atoms with Crippen molar-refractivity contribution in [3.05, 3.63) is 24.3 Å². The molecule has 2 rings (SSSR count). The standard InChI is InChI=1S/C8H9NS/c1-6-9-7-4-2-3-5-8(7)10-6/h2-5,7-8H,1H3/t7-,8?/m0/s1. The van der Waals surface area contributed by atoms with Gasteiger partial charge in [0, 0.05) is 0 Å². The molecule has 0 amide bonds. The predicted octanol–water partition coefficient (Wildman–Crippen LogP) is 2.01. The van der Waals surface area contributed by atoms with Gasteiger partial charge in [0.05, 0.1) is 16.3 Å². The van der Waals surface area contributed by atoms with E-state index in [9.17, 15) is 0 Å². The largest absolute Gasteiger partial charge is 0.274 e. The lowest BCUT2D eigenvalue weighted by atomic mass is 10.1. The number of fused-ring (bicyclic) bond motifs is 1. The van der Waals surface area contributed by atoms with Crippen LogP contribution in [0.2, 0.25) is 0 Å². The summed E-state index contributed by atoms with van der Waals surface area (Å²) in [6.45, 7) is 2.07. The molecular weight excluding hydrogens is 142 g/mol. The van der Waals surface area contributed by atoms with Crippen LogP contribution in [0.15, 0.2) is 29.3 Å². The van der Waals surface area contributed by atoms with E-state index < -0.39 is 0 Å². The van der Waals surface area contributed by atoms with Crippen molar-refractivity contribution in [2.75, 3.05) is 0 Å². The number of allylic oxidation sites excluding steroid dienone is 2. The molecule has 10 heavy (non-hydrogen) atoms. The Hall–Kier alpha value is -0.500. The molecule has 2 aliphatic rings. The minimum absolute atomic E-state index is 0.426. The van der Waals surface area contributed by atoms with E-state index in [1.807, 2.05) is 11.8 Å². The van der Waals surface area contributed by atoms with Crippen molar-refractivity contribution in [2.45, 2.75) is 18.2 Å². The van der Waals surface area contributed by atoms with Crippen molar-refractivity contribution in [1.82, 2.24) is 0 Å². The van der Waals surface area contributed by atoms with Gasteiger partial charge < -0.3 is 0 Å². The van der Waals surface area contributed by atoms with E-state index in [2.05, 4.69) is 36.2 Å². The summed E-state index contributed by atoms with van der Waals surface area (Å²) in [5, 5.41) is 1.80. The second-order valence-corrected chi connectivity index (χ2v) is 3.86. The molecule has 0 spiro atoms. The normalized spacial score (nSPS) is 35.9. The molecule has 52 valence electrons. The van der Waals surface area contributed by atoms with Crippen LogP contribution in [-0.2, 0) is 0 Å². The molecule has 0 bridgehead atoms. The van der Waals surface area contributed by atoms with Crippen LogP contribution in [0.3, 0.4) is 0 Å². The molecule has 1 unspecified atom stereocenters. The van der Waals surface area contributed by atoms with Crippen molar-refractivity contribution < 1.29 is 0 Å². The maximum absolute atomic E-state index is 4.45. The van der Waals surface area contributed by atoms with E-state index in [4.69, 9.17) is 0 Å². The first-order valence-corrected chi connectivity index (χ1v) is 4.30. The van der Waals surface area contributed by atoms with Crippen LogP contribution in [0, 0.1) is 0 Å². The van der Waals surface area contributed by atoms with Gasteiger partial charge in [0.2, 0.25) is 0 Å². The molecule has 1 aliphatic carbocycles. The van der Waals surface area contributed by atoms with E-state index in [1.165, 1.54) is 5.04 Å². The summed E-state index contributed by atoms with van der Waals surface area (Å²) >= 11 is 1.86. The van der Waals surface area contributed by atoms with Crippen LogP contribution < -0.4 is 0 Å². The highest BCUT2D eigenvalue weighted by Gasteiger charge is 2.24. The summed E-state index contributed by atoms with van der Waals surface area (Å²) < 4.78 is 0. The van der Waals surface area contributed by atoms with Crippen molar-refractivity contribution in [2.24, 2.45) is 4.99 Å². The molecule has 0 fully saturated rings. The van der Waals surface area contributed by atoms with Gasteiger partial charge in [-0.2, -0.15) is 0 Å². The van der Waals surface area contributed by atoms with E-state index in [1.54, 1.807) is 0 Å². The number of thioether (sulfide) groups is 1. The van der Waals surface area contributed by atoms with Gasteiger partial charge in [-0.1, -0.05) is 24.3 Å². The number of rotatable bonds is 0. The number of hydrogen-bond donors (Lipinski definition) is 0. The third-order valence-electron chi connectivity index (χ3n) is 1.69. The third kappa shape index (κ3) is 0.926. The van der Waals surface area contributed by atoms with Gasteiger partial charge in [-0.15, -0.1) is 11.8 Å². The van der Waals surface area contributed by atoms with Gasteiger partial charge in [-0.3, -0.25) is 4.99 Å². The lowest BCUT2D eigenvalue weighted by molar-refractivity contribution is 0.861. The van der Waals surface area contributed by atoms with E-state index in [0.717, 1.165) is 0 Å². The average Bonchev–Trinajstić information content (AvgIpc) is 2.27. The van der Waals surface area contributed by atoms with Gasteiger partial charge in [0.15, 0.2) is 0 Å². The first kappa shape index (κ1) is 6.23. The van der Waals surface area contributed by atoms with Crippen molar-refractivity contribution in [3.63, 3.8) is 0 Å². The van der Waals surface area contributed by atoms with Gasteiger partial charge >= 0.3 is 0 Å². The summed E-state index contributed by atoms with van der Waals surface area (Å²) in [5.74, 6) is 0. The topological polar surface area (TPSA) is 12.4 Å². The number of hydrogen-bond acceptors (Lipinski definition) is 2. The first-order chi connectivity index (χ1) is 4.86. The Labute approximate surface area is 64.9 Å². The summed E-state index contributed by atoms with van der Waals surface area (Å²) in [5.41, 5.74) is 0. The van der Waals surface area contributed by atoms with Crippen LogP contribution >= 0.6 is 11.8 Å². The second kappa shape index (κ2) is 2.27. The Balaban J connectivity index is 2.24. The SMILES string of the molecule is CC1=N[C@H]2C=CC=CC2S1. The van der Waals surface area contributed by atoms with Gasteiger partial charge in [0.1, 0.15) is 0 Å². The summed E-state index contributed by atoms with van der Waals surface area (Å²) in [4.78, 5) is 4.45. The quantitative estimate of drug-likeness (QED) is 0.516. The van der Waals surface area contributed by atoms with Gasteiger partial charge in [0.25, 0.3) is 0 Å². The molecule has 1 nitrogen and oxygen atoms in total. The Morgan fingerprint density at radius 3 is 3.00 bits per heavy atom. The predicted molar refractivity (Wildman–Crippen MR) is 46.6 cm³/mol. The molecule has 2 heteroatoms. The summed E-state index contributed by atoms with van der Waals surface area (Å²) in [6, 6.07) is 0.426. The second-order valence-electron chi connectivity index (χ2n) is 2.49. The Kier molecular flexibility index (Phi) is 1.42. The highest BCUT2D eigenvalue weighted by atomic mass is 32.2. The minimum atomic E-state index is 0.426. The van der Waals surface area contributed by atoms with Gasteiger partial charge in [-0.25, -0.2) is 0 Å².